The predicted octanol–water partition coefficient (Wildman–Crippen LogP) is 4.41. The van der Waals surface area contributed by atoms with Crippen molar-refractivity contribution in [2.24, 2.45) is 0 Å². The number of hydrogen-bond acceptors (Lipinski definition) is 6. The van der Waals surface area contributed by atoms with Gasteiger partial charge in [-0.25, -0.2) is 0 Å². The molecule has 2 aromatic carbocycles. The molecule has 0 N–H and O–H groups in total. The predicted molar refractivity (Wildman–Crippen MR) is 114 cm³/mol. The lowest BCUT2D eigenvalue weighted by Gasteiger charge is -2.22. The van der Waals surface area contributed by atoms with Gasteiger partial charge in [-0.15, -0.1) is 0 Å². The summed E-state index contributed by atoms with van der Waals surface area (Å²) in [4.78, 5) is 12.9. The van der Waals surface area contributed by atoms with E-state index in [2.05, 4.69) is 13.2 Å². The van der Waals surface area contributed by atoms with Crippen LogP contribution in [0.5, 0.6) is 23.0 Å². The molecule has 1 atom stereocenters. The number of rotatable bonds is 10. The summed E-state index contributed by atoms with van der Waals surface area (Å²) in [5.41, 5.74) is 2.39. The normalized spacial score (nSPS) is 12.7. The summed E-state index contributed by atoms with van der Waals surface area (Å²) in [5, 5.41) is 0. The maximum atomic E-state index is 12.9. The lowest BCUT2D eigenvalue weighted by Crippen LogP contribution is -2.18. The van der Waals surface area contributed by atoms with Crippen molar-refractivity contribution in [3.8, 4) is 23.0 Å². The van der Waals surface area contributed by atoms with Crippen LogP contribution < -0.4 is 18.9 Å². The molecule has 1 aliphatic heterocycles. The number of esters is 1. The van der Waals surface area contributed by atoms with Crippen LogP contribution in [0.15, 0.2) is 55.6 Å². The summed E-state index contributed by atoms with van der Waals surface area (Å²) >= 11 is 0. The largest absolute Gasteiger partial charge is 0.489 e. The molecule has 0 fully saturated rings. The van der Waals surface area contributed by atoms with E-state index in [1.54, 1.807) is 18.2 Å². The summed E-state index contributed by atoms with van der Waals surface area (Å²) in [6.45, 7) is 10.2. The van der Waals surface area contributed by atoms with Gasteiger partial charge in [-0.1, -0.05) is 38.3 Å². The lowest BCUT2D eigenvalue weighted by molar-refractivity contribution is -0.141. The highest BCUT2D eigenvalue weighted by Crippen LogP contribution is 2.41. The molecule has 0 amide bonds. The van der Waals surface area contributed by atoms with Gasteiger partial charge in [0.25, 0.3) is 0 Å². The Kier molecular flexibility index (Phi) is 7.01. The third kappa shape index (κ3) is 4.43. The molecular weight excluding hydrogens is 384 g/mol. The molecule has 0 aliphatic carbocycles. The van der Waals surface area contributed by atoms with Gasteiger partial charge in [-0.3, -0.25) is 4.79 Å². The third-order valence-electron chi connectivity index (χ3n) is 4.77. The van der Waals surface area contributed by atoms with Crippen LogP contribution in [-0.4, -0.2) is 33.1 Å². The van der Waals surface area contributed by atoms with Gasteiger partial charge in [0.05, 0.1) is 7.11 Å². The fourth-order valence-electron chi connectivity index (χ4n) is 3.45. The molecule has 0 saturated carbocycles. The van der Waals surface area contributed by atoms with Crippen molar-refractivity contribution >= 4 is 5.97 Å². The van der Waals surface area contributed by atoms with Gasteiger partial charge >= 0.3 is 5.97 Å². The number of carbonyl (C=O) groups is 1. The second-order valence-corrected chi connectivity index (χ2v) is 6.61. The number of benzene rings is 2. The average molecular weight is 410 g/mol. The molecule has 0 bridgehead atoms. The van der Waals surface area contributed by atoms with Crippen molar-refractivity contribution < 1.29 is 28.5 Å². The highest BCUT2D eigenvalue weighted by Gasteiger charge is 2.30. The molecule has 1 unspecified atom stereocenters. The van der Waals surface area contributed by atoms with Gasteiger partial charge in [-0.05, 0) is 41.3 Å². The maximum Gasteiger partial charge on any atom is 0.317 e. The second-order valence-electron chi connectivity index (χ2n) is 6.61. The fraction of sp³-hybridized carbons (Fsp3) is 0.292. The van der Waals surface area contributed by atoms with E-state index >= 15 is 0 Å². The Hall–Kier alpha value is -3.41. The smallest absolute Gasteiger partial charge is 0.317 e. The van der Waals surface area contributed by atoms with Crippen LogP contribution in [0, 0.1) is 0 Å². The van der Waals surface area contributed by atoms with E-state index in [-0.39, 0.29) is 12.8 Å². The monoisotopic (exact) mass is 410 g/mol. The summed E-state index contributed by atoms with van der Waals surface area (Å²) in [6, 6.07) is 9.13. The Morgan fingerprint density at radius 2 is 1.83 bits per heavy atom. The van der Waals surface area contributed by atoms with Crippen molar-refractivity contribution in [1.82, 2.24) is 0 Å². The third-order valence-corrected chi connectivity index (χ3v) is 4.77. The number of methoxy groups -OCH3 is 1. The van der Waals surface area contributed by atoms with Crippen LogP contribution in [0.2, 0.25) is 0 Å². The minimum Gasteiger partial charge on any atom is -0.489 e. The van der Waals surface area contributed by atoms with E-state index in [1.807, 2.05) is 31.2 Å². The van der Waals surface area contributed by atoms with Crippen LogP contribution >= 0.6 is 0 Å². The summed E-state index contributed by atoms with van der Waals surface area (Å²) < 4.78 is 27.7. The molecule has 30 heavy (non-hydrogen) atoms. The van der Waals surface area contributed by atoms with Crippen LogP contribution in [0.3, 0.4) is 0 Å². The number of fused-ring (bicyclic) bond motifs is 1. The van der Waals surface area contributed by atoms with Crippen LogP contribution in [0.1, 0.15) is 29.5 Å². The quantitative estimate of drug-likeness (QED) is 0.427. The van der Waals surface area contributed by atoms with Gasteiger partial charge in [0.2, 0.25) is 6.79 Å². The molecule has 0 radical (unpaired) electrons. The standard InChI is InChI=1S/C24H26O6/c1-5-10-27-17-13-19(18(7-3)21(14-17)28-11-6-2)23(24(25)26-4)16-8-9-20-22(12-16)30-15-29-20/h5-6,8-9,12-14,23H,1-2,7,10-11,15H2,3-4H3. The summed E-state index contributed by atoms with van der Waals surface area (Å²) in [7, 11) is 1.38. The highest BCUT2D eigenvalue weighted by molar-refractivity contribution is 5.83. The van der Waals surface area contributed by atoms with Crippen molar-refractivity contribution in [3.63, 3.8) is 0 Å². The molecular formula is C24H26O6. The molecule has 158 valence electrons. The minimum absolute atomic E-state index is 0.159. The zero-order chi connectivity index (χ0) is 21.5. The number of carbonyl (C=O) groups excluding carboxylic acids is 1. The van der Waals surface area contributed by atoms with Gasteiger partial charge < -0.3 is 23.7 Å². The molecule has 6 heteroatoms. The molecule has 0 aromatic heterocycles. The molecule has 2 aromatic rings. The van der Waals surface area contributed by atoms with E-state index in [0.29, 0.717) is 42.6 Å². The van der Waals surface area contributed by atoms with Crippen molar-refractivity contribution in [2.75, 3.05) is 27.1 Å². The fourth-order valence-corrected chi connectivity index (χ4v) is 3.45. The van der Waals surface area contributed by atoms with E-state index in [9.17, 15) is 4.79 Å². The van der Waals surface area contributed by atoms with Gasteiger partial charge in [0, 0.05) is 6.07 Å². The Morgan fingerprint density at radius 3 is 2.53 bits per heavy atom. The average Bonchev–Trinajstić information content (AvgIpc) is 3.24. The van der Waals surface area contributed by atoms with Crippen LogP contribution in [-0.2, 0) is 16.0 Å². The van der Waals surface area contributed by atoms with E-state index < -0.39 is 5.92 Å². The Labute approximate surface area is 176 Å². The summed E-state index contributed by atoms with van der Waals surface area (Å²) in [6.07, 6.45) is 3.99. The van der Waals surface area contributed by atoms with Gasteiger partial charge in [-0.2, -0.15) is 0 Å². The molecule has 6 nitrogen and oxygen atoms in total. The van der Waals surface area contributed by atoms with Crippen molar-refractivity contribution in [3.05, 3.63) is 72.3 Å². The first-order valence-electron chi connectivity index (χ1n) is 9.74. The Balaban J connectivity index is 2.16. The molecule has 3 rings (SSSR count). The topological polar surface area (TPSA) is 63.2 Å². The zero-order valence-corrected chi connectivity index (χ0v) is 17.3. The first kappa shape index (κ1) is 21.3. The number of hydrogen-bond donors (Lipinski definition) is 0. The van der Waals surface area contributed by atoms with E-state index in [4.69, 9.17) is 23.7 Å². The molecule has 0 saturated heterocycles. The Morgan fingerprint density at radius 1 is 1.10 bits per heavy atom. The summed E-state index contributed by atoms with van der Waals surface area (Å²) in [5.74, 6) is 1.40. The first-order valence-corrected chi connectivity index (χ1v) is 9.74. The van der Waals surface area contributed by atoms with Crippen LogP contribution in [0.25, 0.3) is 0 Å². The van der Waals surface area contributed by atoms with Crippen molar-refractivity contribution in [1.29, 1.82) is 0 Å². The highest BCUT2D eigenvalue weighted by atomic mass is 16.7. The maximum absolute atomic E-state index is 12.9. The molecule has 1 aliphatic rings. The zero-order valence-electron chi connectivity index (χ0n) is 17.3. The van der Waals surface area contributed by atoms with Gasteiger partial charge in [0.1, 0.15) is 30.6 Å². The van der Waals surface area contributed by atoms with Crippen LogP contribution in [0.4, 0.5) is 0 Å². The van der Waals surface area contributed by atoms with Crippen molar-refractivity contribution in [2.45, 2.75) is 19.3 Å². The molecule has 1 heterocycles. The minimum atomic E-state index is -0.683. The first-order chi connectivity index (χ1) is 14.6. The van der Waals surface area contributed by atoms with E-state index in [1.165, 1.54) is 7.11 Å². The number of ether oxygens (including phenoxy) is 5. The Bertz CT molecular complexity index is 934. The lowest BCUT2D eigenvalue weighted by atomic mass is 9.86. The SMILES string of the molecule is C=CCOc1cc(OCC=C)c(CC)c(C(C(=O)OC)c2ccc3c(c2)OCO3)c1. The second kappa shape index (κ2) is 9.87. The molecule has 0 spiro atoms. The van der Waals surface area contributed by atoms with Gasteiger partial charge in [0.15, 0.2) is 11.5 Å². The van der Waals surface area contributed by atoms with E-state index in [0.717, 1.165) is 16.7 Å².